The number of benzene rings is 2. The topological polar surface area (TPSA) is 41.5 Å². The van der Waals surface area contributed by atoms with Crippen LogP contribution in [-0.2, 0) is 0 Å². The summed E-state index contributed by atoms with van der Waals surface area (Å²) in [5.74, 6) is -0.262. The Morgan fingerprint density at radius 1 is 1.16 bits per heavy atom. The largest absolute Gasteiger partial charge is 0.271 e. The summed E-state index contributed by atoms with van der Waals surface area (Å²) < 4.78 is 0. The molecule has 0 atom stereocenters. The van der Waals surface area contributed by atoms with Crippen molar-refractivity contribution in [3.05, 3.63) is 70.2 Å². The highest BCUT2D eigenvalue weighted by Crippen LogP contribution is 2.09. The summed E-state index contributed by atoms with van der Waals surface area (Å²) in [7, 11) is 0. The number of hydrogen-bond donors (Lipinski definition) is 1. The van der Waals surface area contributed by atoms with E-state index >= 15 is 0 Å². The Morgan fingerprint density at radius 3 is 2.53 bits per heavy atom. The van der Waals surface area contributed by atoms with Crippen molar-refractivity contribution < 1.29 is 4.79 Å². The first-order valence-corrected chi connectivity index (χ1v) is 6.19. The molecule has 0 radical (unpaired) electrons. The van der Waals surface area contributed by atoms with E-state index in [9.17, 15) is 4.79 Å². The summed E-state index contributed by atoms with van der Waals surface area (Å²) in [4.78, 5) is 11.8. The van der Waals surface area contributed by atoms with Crippen LogP contribution in [0.3, 0.4) is 0 Å². The lowest BCUT2D eigenvalue weighted by Gasteiger charge is -2.01. The van der Waals surface area contributed by atoms with Crippen LogP contribution in [0.5, 0.6) is 0 Å². The Hall–Kier alpha value is -2.13. The molecule has 0 aliphatic rings. The molecule has 0 heterocycles. The molecule has 1 amide bonds. The number of nitrogens with zero attached hydrogens (tertiary/aromatic N) is 1. The van der Waals surface area contributed by atoms with Gasteiger partial charge in [0.1, 0.15) is 0 Å². The van der Waals surface area contributed by atoms with Crippen LogP contribution in [0.4, 0.5) is 0 Å². The Kier molecular flexibility index (Phi) is 4.31. The Labute approximate surface area is 116 Å². The molecular formula is C15H13ClN2O. The third-order valence-electron chi connectivity index (χ3n) is 2.66. The summed E-state index contributed by atoms with van der Waals surface area (Å²) in [5.41, 5.74) is 5.08. The highest BCUT2D eigenvalue weighted by atomic mass is 35.5. The number of amides is 1. The Morgan fingerprint density at radius 2 is 1.84 bits per heavy atom. The van der Waals surface area contributed by atoms with Gasteiger partial charge in [-0.1, -0.05) is 35.9 Å². The van der Waals surface area contributed by atoms with Crippen LogP contribution < -0.4 is 5.43 Å². The van der Waals surface area contributed by atoms with Gasteiger partial charge in [0, 0.05) is 10.6 Å². The van der Waals surface area contributed by atoms with Gasteiger partial charge in [-0.05, 0) is 42.3 Å². The number of halogens is 1. The van der Waals surface area contributed by atoms with Gasteiger partial charge in [0.05, 0.1) is 6.21 Å². The summed E-state index contributed by atoms with van der Waals surface area (Å²) in [6, 6.07) is 14.5. The Balaban J connectivity index is 2.01. The molecule has 2 rings (SSSR count). The second kappa shape index (κ2) is 6.16. The minimum absolute atomic E-state index is 0.262. The minimum atomic E-state index is -0.262. The van der Waals surface area contributed by atoms with Crippen molar-refractivity contribution in [1.29, 1.82) is 0 Å². The summed E-state index contributed by atoms with van der Waals surface area (Å²) in [6.45, 7) is 1.99. The summed E-state index contributed by atoms with van der Waals surface area (Å²) >= 11 is 5.76. The van der Waals surface area contributed by atoms with E-state index in [1.165, 1.54) is 0 Å². The fourth-order valence-electron chi connectivity index (χ4n) is 1.56. The van der Waals surface area contributed by atoms with Crippen LogP contribution in [0, 0.1) is 6.92 Å². The number of rotatable bonds is 3. The average molecular weight is 273 g/mol. The lowest BCUT2D eigenvalue weighted by molar-refractivity contribution is 0.0955. The van der Waals surface area contributed by atoms with Crippen molar-refractivity contribution in [1.82, 2.24) is 5.43 Å². The maximum absolute atomic E-state index is 11.8. The van der Waals surface area contributed by atoms with E-state index < -0.39 is 0 Å². The van der Waals surface area contributed by atoms with Gasteiger partial charge in [-0.3, -0.25) is 4.79 Å². The van der Waals surface area contributed by atoms with E-state index in [1.54, 1.807) is 30.5 Å². The molecule has 96 valence electrons. The first kappa shape index (κ1) is 13.3. The first-order chi connectivity index (χ1) is 9.16. The van der Waals surface area contributed by atoms with E-state index in [-0.39, 0.29) is 5.91 Å². The minimum Gasteiger partial charge on any atom is -0.267 e. The lowest BCUT2D eigenvalue weighted by Crippen LogP contribution is -2.17. The van der Waals surface area contributed by atoms with Crippen molar-refractivity contribution in [3.63, 3.8) is 0 Å². The van der Waals surface area contributed by atoms with Gasteiger partial charge in [-0.15, -0.1) is 0 Å². The highest BCUT2D eigenvalue weighted by Gasteiger charge is 2.03. The molecule has 0 aromatic heterocycles. The molecule has 2 aromatic carbocycles. The molecule has 0 saturated carbocycles. The second-order valence-electron chi connectivity index (χ2n) is 4.06. The quantitative estimate of drug-likeness (QED) is 0.675. The van der Waals surface area contributed by atoms with E-state index in [0.717, 1.165) is 11.1 Å². The predicted octanol–water partition coefficient (Wildman–Crippen LogP) is 3.41. The molecule has 19 heavy (non-hydrogen) atoms. The van der Waals surface area contributed by atoms with E-state index in [0.29, 0.717) is 10.6 Å². The molecule has 0 aliphatic heterocycles. The predicted molar refractivity (Wildman–Crippen MR) is 77.7 cm³/mol. The van der Waals surface area contributed by atoms with Crippen molar-refractivity contribution in [3.8, 4) is 0 Å². The number of aryl methyl sites for hydroxylation is 1. The summed E-state index contributed by atoms with van der Waals surface area (Å²) in [6.07, 6.45) is 1.63. The molecular weight excluding hydrogens is 260 g/mol. The van der Waals surface area contributed by atoms with Gasteiger partial charge < -0.3 is 0 Å². The molecule has 0 saturated heterocycles. The average Bonchev–Trinajstić information content (AvgIpc) is 2.41. The third-order valence-corrected chi connectivity index (χ3v) is 2.92. The highest BCUT2D eigenvalue weighted by molar-refractivity contribution is 6.30. The maximum Gasteiger partial charge on any atom is 0.271 e. The zero-order valence-electron chi connectivity index (χ0n) is 10.4. The van der Waals surface area contributed by atoms with Crippen LogP contribution in [0.25, 0.3) is 0 Å². The monoisotopic (exact) mass is 272 g/mol. The normalized spacial score (nSPS) is 10.6. The Bertz CT molecular complexity index is 606. The standard InChI is InChI=1S/C15H13ClN2O/c1-11-4-2-3-5-13(11)10-17-18-15(19)12-6-8-14(16)9-7-12/h2-10H,1H3,(H,18,19)/b17-10+. The van der Waals surface area contributed by atoms with Crippen LogP contribution in [0.2, 0.25) is 5.02 Å². The SMILES string of the molecule is Cc1ccccc1/C=N/NC(=O)c1ccc(Cl)cc1. The van der Waals surface area contributed by atoms with E-state index in [2.05, 4.69) is 10.5 Å². The smallest absolute Gasteiger partial charge is 0.267 e. The molecule has 0 spiro atoms. The van der Waals surface area contributed by atoms with Crippen LogP contribution in [0.15, 0.2) is 53.6 Å². The number of hydrogen-bond acceptors (Lipinski definition) is 2. The number of carbonyl (C=O) groups is 1. The molecule has 3 nitrogen and oxygen atoms in total. The first-order valence-electron chi connectivity index (χ1n) is 5.81. The van der Waals surface area contributed by atoms with Crippen molar-refractivity contribution in [2.75, 3.05) is 0 Å². The van der Waals surface area contributed by atoms with Gasteiger partial charge in [0.25, 0.3) is 5.91 Å². The molecule has 0 unspecified atom stereocenters. The third kappa shape index (κ3) is 3.66. The molecule has 1 N–H and O–H groups in total. The van der Waals surface area contributed by atoms with Gasteiger partial charge in [-0.2, -0.15) is 5.10 Å². The van der Waals surface area contributed by atoms with Crippen LogP contribution in [0.1, 0.15) is 21.5 Å². The van der Waals surface area contributed by atoms with Crippen molar-refractivity contribution in [2.24, 2.45) is 5.10 Å². The molecule has 0 aliphatic carbocycles. The van der Waals surface area contributed by atoms with Crippen LogP contribution in [-0.4, -0.2) is 12.1 Å². The van der Waals surface area contributed by atoms with E-state index in [1.807, 2.05) is 31.2 Å². The fourth-order valence-corrected chi connectivity index (χ4v) is 1.68. The second-order valence-corrected chi connectivity index (χ2v) is 4.50. The zero-order valence-corrected chi connectivity index (χ0v) is 11.2. The van der Waals surface area contributed by atoms with Gasteiger partial charge in [0.15, 0.2) is 0 Å². The van der Waals surface area contributed by atoms with Gasteiger partial charge >= 0.3 is 0 Å². The summed E-state index contributed by atoms with van der Waals surface area (Å²) in [5, 5.41) is 4.54. The number of nitrogens with one attached hydrogen (secondary N) is 1. The number of carbonyl (C=O) groups excluding carboxylic acids is 1. The maximum atomic E-state index is 11.8. The van der Waals surface area contributed by atoms with Crippen LogP contribution >= 0.6 is 11.6 Å². The van der Waals surface area contributed by atoms with Crippen molar-refractivity contribution >= 4 is 23.7 Å². The lowest BCUT2D eigenvalue weighted by atomic mass is 10.1. The molecule has 0 bridgehead atoms. The van der Waals surface area contributed by atoms with E-state index in [4.69, 9.17) is 11.6 Å². The van der Waals surface area contributed by atoms with Gasteiger partial charge in [0.2, 0.25) is 0 Å². The molecule has 0 fully saturated rings. The van der Waals surface area contributed by atoms with Gasteiger partial charge in [-0.25, -0.2) is 5.43 Å². The zero-order chi connectivity index (χ0) is 13.7. The van der Waals surface area contributed by atoms with Crippen molar-refractivity contribution in [2.45, 2.75) is 6.92 Å². The fraction of sp³-hybridized carbons (Fsp3) is 0.0667. The molecule has 2 aromatic rings. The number of hydrazone groups is 1. The molecule has 4 heteroatoms.